The van der Waals surface area contributed by atoms with Gasteiger partial charge >= 0.3 is 12.3 Å². The van der Waals surface area contributed by atoms with E-state index in [0.29, 0.717) is 12.2 Å². The van der Waals surface area contributed by atoms with Crippen LogP contribution in [-0.2, 0) is 14.3 Å². The van der Waals surface area contributed by atoms with Crippen LogP contribution in [0.25, 0.3) is 0 Å². The van der Waals surface area contributed by atoms with Crippen molar-refractivity contribution < 1.29 is 42.1 Å². The van der Waals surface area contributed by atoms with E-state index < -0.39 is 59.8 Å². The maximum atomic E-state index is 13.2. The van der Waals surface area contributed by atoms with Gasteiger partial charge in [-0.15, -0.1) is 0 Å². The highest BCUT2D eigenvalue weighted by Crippen LogP contribution is 2.26. The second kappa shape index (κ2) is 14.2. The summed E-state index contributed by atoms with van der Waals surface area (Å²) in [6.07, 6.45) is -7.93. The molecule has 3 amide bonds. The number of aliphatic hydroxyl groups excluding tert-OH is 1. The summed E-state index contributed by atoms with van der Waals surface area (Å²) in [4.78, 5) is 37.6. The van der Waals surface area contributed by atoms with E-state index >= 15 is 0 Å². The molecule has 13 heteroatoms. The second-order valence-electron chi connectivity index (χ2n) is 10.2. The fraction of sp³-hybridized carbons (Fsp3) is 0.640. The summed E-state index contributed by atoms with van der Waals surface area (Å²) in [6, 6.07) is 1.86. The van der Waals surface area contributed by atoms with Gasteiger partial charge in [-0.05, 0) is 57.2 Å². The Labute approximate surface area is 220 Å². The number of nitrogens with one attached hydrogen (secondary N) is 3. The summed E-state index contributed by atoms with van der Waals surface area (Å²) in [5.41, 5.74) is 5.57. The molecule has 0 bridgehead atoms. The summed E-state index contributed by atoms with van der Waals surface area (Å²) in [5, 5.41) is 17.0. The first kappa shape index (κ1) is 33.0. The predicted octanol–water partition coefficient (Wildman–Crippen LogP) is 2.55. The molecule has 1 rings (SSSR count). The molecule has 0 saturated heterocycles. The van der Waals surface area contributed by atoms with Crippen LogP contribution < -0.4 is 26.4 Å². The number of carbonyl (C=O) groups is 3. The van der Waals surface area contributed by atoms with Gasteiger partial charge in [-0.25, -0.2) is 4.79 Å². The van der Waals surface area contributed by atoms with Crippen molar-refractivity contribution in [1.29, 1.82) is 0 Å². The predicted molar refractivity (Wildman–Crippen MR) is 134 cm³/mol. The zero-order valence-electron chi connectivity index (χ0n) is 22.5. The Kier molecular flexibility index (Phi) is 12.3. The SMILES string of the molecule is COc1ccc([C@H](NC(=O)[C@@H](N)CCCNC(=O)OC(C)(C)C)C(=O)N[C@@H](C(C)C)[C@H](O)C(F)(F)F)cc1. The normalized spacial score (nSPS) is 15.2. The van der Waals surface area contributed by atoms with Gasteiger partial charge in [-0.1, -0.05) is 26.0 Å². The molecule has 1 aromatic carbocycles. The van der Waals surface area contributed by atoms with E-state index in [1.807, 2.05) is 0 Å². The molecule has 4 atom stereocenters. The van der Waals surface area contributed by atoms with Crippen LogP contribution >= 0.6 is 0 Å². The number of methoxy groups -OCH3 is 1. The third-order valence-electron chi connectivity index (χ3n) is 5.40. The Bertz CT molecular complexity index is 919. The van der Waals surface area contributed by atoms with Gasteiger partial charge in [0.05, 0.1) is 19.2 Å². The lowest BCUT2D eigenvalue weighted by molar-refractivity contribution is -0.215. The van der Waals surface area contributed by atoms with E-state index in [-0.39, 0.29) is 18.5 Å². The lowest BCUT2D eigenvalue weighted by Gasteiger charge is -2.31. The Hall–Kier alpha value is -3.06. The summed E-state index contributed by atoms with van der Waals surface area (Å²) in [7, 11) is 1.43. The molecule has 0 fully saturated rings. The quantitative estimate of drug-likeness (QED) is 0.252. The minimum absolute atomic E-state index is 0.139. The molecule has 0 aliphatic rings. The Morgan fingerprint density at radius 2 is 1.61 bits per heavy atom. The number of amides is 3. The van der Waals surface area contributed by atoms with E-state index in [9.17, 15) is 32.7 Å². The van der Waals surface area contributed by atoms with E-state index in [1.54, 1.807) is 20.8 Å². The van der Waals surface area contributed by atoms with E-state index in [2.05, 4.69) is 16.0 Å². The monoisotopic (exact) mass is 548 g/mol. The molecule has 216 valence electrons. The lowest BCUT2D eigenvalue weighted by Crippen LogP contribution is -2.55. The number of hydrogen-bond acceptors (Lipinski definition) is 7. The van der Waals surface area contributed by atoms with Gasteiger partial charge in [0.15, 0.2) is 6.10 Å². The van der Waals surface area contributed by atoms with Crippen LogP contribution in [-0.4, -0.2) is 66.6 Å². The topological polar surface area (TPSA) is 152 Å². The van der Waals surface area contributed by atoms with Crippen molar-refractivity contribution in [3.63, 3.8) is 0 Å². The molecule has 38 heavy (non-hydrogen) atoms. The molecule has 0 aliphatic heterocycles. The fourth-order valence-electron chi connectivity index (χ4n) is 3.36. The number of alkyl carbamates (subject to hydrolysis) is 1. The van der Waals surface area contributed by atoms with Gasteiger partial charge in [-0.2, -0.15) is 13.2 Å². The Morgan fingerprint density at radius 1 is 1.03 bits per heavy atom. The van der Waals surface area contributed by atoms with Crippen LogP contribution in [0.15, 0.2) is 24.3 Å². The van der Waals surface area contributed by atoms with E-state index in [1.165, 1.54) is 45.2 Å². The van der Waals surface area contributed by atoms with Crippen LogP contribution in [0.4, 0.5) is 18.0 Å². The molecule has 0 unspecified atom stereocenters. The van der Waals surface area contributed by atoms with Crippen molar-refractivity contribution in [1.82, 2.24) is 16.0 Å². The molecular weight excluding hydrogens is 509 g/mol. The molecular formula is C25H39F3N4O6. The largest absolute Gasteiger partial charge is 0.497 e. The van der Waals surface area contributed by atoms with Crippen molar-refractivity contribution in [3.8, 4) is 5.75 Å². The van der Waals surface area contributed by atoms with Crippen LogP contribution in [0, 0.1) is 5.92 Å². The maximum Gasteiger partial charge on any atom is 0.416 e. The first-order chi connectivity index (χ1) is 17.5. The number of benzene rings is 1. The maximum absolute atomic E-state index is 13.2. The fourth-order valence-corrected chi connectivity index (χ4v) is 3.36. The minimum Gasteiger partial charge on any atom is -0.497 e. The molecule has 0 saturated carbocycles. The molecule has 0 heterocycles. The van der Waals surface area contributed by atoms with Gasteiger partial charge in [-0.3, -0.25) is 9.59 Å². The van der Waals surface area contributed by atoms with Crippen LogP contribution in [0.1, 0.15) is 59.1 Å². The van der Waals surface area contributed by atoms with Crippen LogP contribution in [0.3, 0.4) is 0 Å². The van der Waals surface area contributed by atoms with Gasteiger partial charge in [0.1, 0.15) is 17.4 Å². The zero-order chi connectivity index (χ0) is 29.3. The summed E-state index contributed by atoms with van der Waals surface area (Å²) < 4.78 is 49.7. The molecule has 0 aliphatic carbocycles. The third kappa shape index (κ3) is 11.1. The number of alkyl halides is 3. The smallest absolute Gasteiger partial charge is 0.416 e. The Balaban J connectivity index is 2.95. The molecule has 0 aromatic heterocycles. The van der Waals surface area contributed by atoms with Gasteiger partial charge in [0.2, 0.25) is 11.8 Å². The van der Waals surface area contributed by atoms with Crippen molar-refractivity contribution in [3.05, 3.63) is 29.8 Å². The number of halogens is 3. The summed E-state index contributed by atoms with van der Waals surface area (Å²) >= 11 is 0. The van der Waals surface area contributed by atoms with Gasteiger partial charge in [0.25, 0.3) is 0 Å². The van der Waals surface area contributed by atoms with Crippen molar-refractivity contribution >= 4 is 17.9 Å². The standard InChI is InChI=1S/C25H39F3N4O6/c1-14(2)18(20(33)25(26,27)28)31-22(35)19(15-9-11-16(37-6)12-10-15)32-21(34)17(29)8-7-13-30-23(36)38-24(3,4)5/h9-12,14,17-20,33H,7-8,13,29H2,1-6H3,(H,30,36)(H,31,35)(H,32,34)/t17-,18-,19-,20-/m0/s1. The summed E-state index contributed by atoms with van der Waals surface area (Å²) in [5.74, 6) is -2.00. The van der Waals surface area contributed by atoms with Crippen molar-refractivity contribution in [2.75, 3.05) is 13.7 Å². The van der Waals surface area contributed by atoms with Crippen molar-refractivity contribution in [2.24, 2.45) is 11.7 Å². The second-order valence-corrected chi connectivity index (χ2v) is 10.2. The average molecular weight is 549 g/mol. The van der Waals surface area contributed by atoms with Crippen LogP contribution in [0.5, 0.6) is 5.75 Å². The summed E-state index contributed by atoms with van der Waals surface area (Å²) in [6.45, 7) is 8.17. The first-order valence-electron chi connectivity index (χ1n) is 12.2. The highest BCUT2D eigenvalue weighted by Gasteiger charge is 2.45. The highest BCUT2D eigenvalue weighted by atomic mass is 19.4. The van der Waals surface area contributed by atoms with E-state index in [0.717, 1.165) is 0 Å². The van der Waals surface area contributed by atoms with Gasteiger partial charge in [0, 0.05) is 6.54 Å². The lowest BCUT2D eigenvalue weighted by atomic mass is 9.96. The number of aliphatic hydroxyl groups is 1. The minimum atomic E-state index is -4.96. The third-order valence-corrected chi connectivity index (χ3v) is 5.40. The molecule has 0 spiro atoms. The number of hydrogen-bond donors (Lipinski definition) is 5. The molecule has 6 N–H and O–H groups in total. The van der Waals surface area contributed by atoms with Crippen molar-refractivity contribution in [2.45, 2.75) is 83.5 Å². The molecule has 10 nitrogen and oxygen atoms in total. The number of nitrogens with two attached hydrogens (primary N) is 1. The molecule has 1 aromatic rings. The number of rotatable bonds is 12. The first-order valence-corrected chi connectivity index (χ1v) is 12.2. The molecule has 0 radical (unpaired) electrons. The Morgan fingerprint density at radius 3 is 2.08 bits per heavy atom. The average Bonchev–Trinajstić information content (AvgIpc) is 2.81. The number of ether oxygens (including phenoxy) is 2. The van der Waals surface area contributed by atoms with E-state index in [4.69, 9.17) is 15.2 Å². The zero-order valence-corrected chi connectivity index (χ0v) is 22.5. The van der Waals surface area contributed by atoms with Crippen LogP contribution in [0.2, 0.25) is 0 Å². The number of carbonyl (C=O) groups excluding carboxylic acids is 3. The highest BCUT2D eigenvalue weighted by molar-refractivity contribution is 5.90. The van der Waals surface area contributed by atoms with Gasteiger partial charge < -0.3 is 36.3 Å².